The number of amides is 2. The van der Waals surface area contributed by atoms with E-state index in [0.29, 0.717) is 12.3 Å². The van der Waals surface area contributed by atoms with Crippen LogP contribution in [0, 0.1) is 5.92 Å². The van der Waals surface area contributed by atoms with Crippen LogP contribution in [0.25, 0.3) is 11.1 Å². The molecular formula is C24H26N2O6. The summed E-state index contributed by atoms with van der Waals surface area (Å²) in [4.78, 5) is 35.7. The number of ether oxygens (including phenoxy) is 1. The van der Waals surface area contributed by atoms with E-state index in [0.717, 1.165) is 35.1 Å². The molecule has 2 aromatic rings. The molecule has 32 heavy (non-hydrogen) atoms. The zero-order valence-corrected chi connectivity index (χ0v) is 17.5. The first-order valence-corrected chi connectivity index (χ1v) is 10.7. The number of carboxylic acids is 1. The maximum atomic E-state index is 12.5. The molecular weight excluding hydrogens is 412 g/mol. The van der Waals surface area contributed by atoms with Gasteiger partial charge in [-0.05, 0) is 34.6 Å². The number of carbonyl (C=O) groups is 3. The number of hydrogen-bond acceptors (Lipinski definition) is 5. The second-order valence-electron chi connectivity index (χ2n) is 8.30. The van der Waals surface area contributed by atoms with Crippen molar-refractivity contribution in [2.45, 2.75) is 37.3 Å². The zero-order chi connectivity index (χ0) is 22.7. The summed E-state index contributed by atoms with van der Waals surface area (Å²) in [5.74, 6) is -1.71. The number of aliphatic hydroxyl groups is 1. The topological polar surface area (TPSA) is 125 Å². The molecule has 8 heteroatoms. The molecule has 0 spiro atoms. The van der Waals surface area contributed by atoms with Crippen molar-refractivity contribution in [3.63, 3.8) is 0 Å². The van der Waals surface area contributed by atoms with Gasteiger partial charge >= 0.3 is 12.1 Å². The van der Waals surface area contributed by atoms with Gasteiger partial charge in [0.1, 0.15) is 12.6 Å². The molecule has 1 fully saturated rings. The zero-order valence-electron chi connectivity index (χ0n) is 17.5. The largest absolute Gasteiger partial charge is 0.479 e. The first kappa shape index (κ1) is 21.8. The quantitative estimate of drug-likeness (QED) is 0.476. The number of alkyl carbamates (subject to hydrolysis) is 1. The van der Waals surface area contributed by atoms with Crippen LogP contribution in [0.15, 0.2) is 48.5 Å². The Morgan fingerprint density at radius 2 is 1.59 bits per heavy atom. The third-order valence-electron chi connectivity index (χ3n) is 5.97. The molecule has 0 radical (unpaired) electrons. The third kappa shape index (κ3) is 4.91. The summed E-state index contributed by atoms with van der Waals surface area (Å²) in [7, 11) is 0. The Bertz CT molecular complexity index is 974. The molecule has 0 bridgehead atoms. The van der Waals surface area contributed by atoms with Crippen molar-refractivity contribution in [1.82, 2.24) is 10.6 Å². The van der Waals surface area contributed by atoms with E-state index in [1.165, 1.54) is 0 Å². The monoisotopic (exact) mass is 438 g/mol. The number of carbonyl (C=O) groups excluding carboxylic acids is 2. The molecule has 2 aliphatic rings. The average Bonchev–Trinajstić information content (AvgIpc) is 3.56. The number of fused-ring (bicyclic) bond motifs is 3. The number of aliphatic hydroxyl groups excluding tert-OH is 1. The minimum Gasteiger partial charge on any atom is -0.479 e. The Labute approximate surface area is 185 Å². The van der Waals surface area contributed by atoms with E-state index in [2.05, 4.69) is 22.8 Å². The third-order valence-corrected chi connectivity index (χ3v) is 5.97. The van der Waals surface area contributed by atoms with Crippen LogP contribution in [0.3, 0.4) is 0 Å². The fourth-order valence-electron chi connectivity index (χ4n) is 4.11. The van der Waals surface area contributed by atoms with Crippen LogP contribution in [0.2, 0.25) is 0 Å². The van der Waals surface area contributed by atoms with E-state index in [-0.39, 0.29) is 12.5 Å². The fraction of sp³-hybridized carbons (Fsp3) is 0.375. The SMILES string of the molecule is O=C(NC(CC1CC1)C(=O)NCC(O)C(=O)O)OCC1c2ccccc2-c2ccccc21. The van der Waals surface area contributed by atoms with Crippen molar-refractivity contribution in [3.05, 3.63) is 59.7 Å². The van der Waals surface area contributed by atoms with Crippen LogP contribution < -0.4 is 10.6 Å². The Morgan fingerprint density at radius 1 is 1.00 bits per heavy atom. The minimum absolute atomic E-state index is 0.0884. The highest BCUT2D eigenvalue weighted by atomic mass is 16.5. The Kier molecular flexibility index (Phi) is 6.41. The molecule has 2 aromatic carbocycles. The summed E-state index contributed by atoms with van der Waals surface area (Å²) in [6.45, 7) is -0.295. The van der Waals surface area contributed by atoms with Gasteiger partial charge in [0.05, 0.1) is 6.54 Å². The molecule has 2 amide bonds. The standard InChI is InChI=1S/C24H26N2O6/c27-21(23(29)30)12-25-22(28)20(11-14-9-10-14)26-24(31)32-13-19-17-7-3-1-5-15(17)16-6-2-4-8-18(16)19/h1-8,14,19-21,27H,9-13H2,(H,25,28)(H,26,31)(H,29,30). The highest BCUT2D eigenvalue weighted by molar-refractivity contribution is 5.86. The predicted molar refractivity (Wildman–Crippen MR) is 116 cm³/mol. The van der Waals surface area contributed by atoms with Crippen LogP contribution in [0.5, 0.6) is 0 Å². The van der Waals surface area contributed by atoms with Crippen molar-refractivity contribution in [2.24, 2.45) is 5.92 Å². The smallest absolute Gasteiger partial charge is 0.407 e. The number of rotatable bonds is 9. The predicted octanol–water partition coefficient (Wildman–Crippen LogP) is 2.26. The van der Waals surface area contributed by atoms with Crippen LogP contribution in [-0.4, -0.2) is 53.5 Å². The Hall–Kier alpha value is -3.39. The Balaban J connectivity index is 1.37. The summed E-state index contributed by atoms with van der Waals surface area (Å²) in [5.41, 5.74) is 4.44. The van der Waals surface area contributed by atoms with Gasteiger partial charge in [-0.1, -0.05) is 61.4 Å². The summed E-state index contributed by atoms with van der Waals surface area (Å²) < 4.78 is 5.51. The van der Waals surface area contributed by atoms with Gasteiger partial charge in [0.2, 0.25) is 5.91 Å². The molecule has 0 aromatic heterocycles. The lowest BCUT2D eigenvalue weighted by Crippen LogP contribution is -2.49. The summed E-state index contributed by atoms with van der Waals surface area (Å²) >= 11 is 0. The molecule has 168 valence electrons. The first-order chi connectivity index (χ1) is 15.4. The van der Waals surface area contributed by atoms with Crippen molar-refractivity contribution >= 4 is 18.0 Å². The molecule has 2 aliphatic carbocycles. The number of nitrogens with one attached hydrogen (secondary N) is 2. The maximum Gasteiger partial charge on any atom is 0.407 e. The van der Waals surface area contributed by atoms with E-state index in [1.54, 1.807) is 0 Å². The van der Waals surface area contributed by atoms with Gasteiger partial charge in [-0.3, -0.25) is 4.79 Å². The highest BCUT2D eigenvalue weighted by Crippen LogP contribution is 2.44. The number of aliphatic carboxylic acids is 1. The van der Waals surface area contributed by atoms with Crippen LogP contribution in [-0.2, 0) is 14.3 Å². The molecule has 2 unspecified atom stereocenters. The summed E-state index contributed by atoms with van der Waals surface area (Å²) in [6.07, 6.45) is 0.00231. The number of benzene rings is 2. The molecule has 1 saturated carbocycles. The van der Waals surface area contributed by atoms with Gasteiger partial charge in [0.25, 0.3) is 0 Å². The van der Waals surface area contributed by atoms with E-state index in [1.807, 2.05) is 36.4 Å². The van der Waals surface area contributed by atoms with Crippen molar-refractivity contribution in [3.8, 4) is 11.1 Å². The lowest BCUT2D eigenvalue weighted by molar-refractivity contribution is -0.146. The van der Waals surface area contributed by atoms with E-state index < -0.39 is 36.7 Å². The molecule has 2 atom stereocenters. The first-order valence-electron chi connectivity index (χ1n) is 10.7. The lowest BCUT2D eigenvalue weighted by Gasteiger charge is -2.20. The Morgan fingerprint density at radius 3 is 2.16 bits per heavy atom. The van der Waals surface area contributed by atoms with Crippen LogP contribution >= 0.6 is 0 Å². The van der Waals surface area contributed by atoms with Crippen LogP contribution in [0.4, 0.5) is 4.79 Å². The number of carboxylic acid groups (broad SMARTS) is 1. The van der Waals surface area contributed by atoms with Gasteiger partial charge < -0.3 is 25.6 Å². The molecule has 4 rings (SSSR count). The van der Waals surface area contributed by atoms with Crippen LogP contribution in [0.1, 0.15) is 36.3 Å². The molecule has 8 nitrogen and oxygen atoms in total. The molecule has 0 heterocycles. The van der Waals surface area contributed by atoms with Gasteiger partial charge in [-0.2, -0.15) is 0 Å². The van der Waals surface area contributed by atoms with E-state index in [9.17, 15) is 19.5 Å². The maximum absolute atomic E-state index is 12.5. The average molecular weight is 438 g/mol. The van der Waals surface area contributed by atoms with E-state index in [4.69, 9.17) is 9.84 Å². The lowest BCUT2D eigenvalue weighted by atomic mass is 9.98. The van der Waals surface area contributed by atoms with Crippen molar-refractivity contribution < 1.29 is 29.3 Å². The summed E-state index contributed by atoms with van der Waals surface area (Å²) in [6, 6.07) is 15.2. The molecule has 4 N–H and O–H groups in total. The molecule has 0 saturated heterocycles. The second kappa shape index (κ2) is 9.40. The van der Waals surface area contributed by atoms with Gasteiger partial charge in [0.15, 0.2) is 6.10 Å². The highest BCUT2D eigenvalue weighted by Gasteiger charge is 2.32. The fourth-order valence-corrected chi connectivity index (χ4v) is 4.11. The van der Waals surface area contributed by atoms with Gasteiger partial charge in [-0.15, -0.1) is 0 Å². The van der Waals surface area contributed by atoms with Gasteiger partial charge in [0, 0.05) is 5.92 Å². The second-order valence-corrected chi connectivity index (χ2v) is 8.30. The number of hydrogen-bond donors (Lipinski definition) is 4. The van der Waals surface area contributed by atoms with Crippen molar-refractivity contribution in [1.29, 1.82) is 0 Å². The van der Waals surface area contributed by atoms with E-state index >= 15 is 0 Å². The van der Waals surface area contributed by atoms with Gasteiger partial charge in [-0.25, -0.2) is 9.59 Å². The molecule has 0 aliphatic heterocycles. The minimum atomic E-state index is -1.70. The van der Waals surface area contributed by atoms with Crippen molar-refractivity contribution in [2.75, 3.05) is 13.2 Å². The normalized spacial score (nSPS) is 16.4. The summed E-state index contributed by atoms with van der Waals surface area (Å²) in [5, 5.41) is 23.1.